The standard InChI is InChI=1S/C12H16O4/c1-2-12(3-7-6(1)14-7)10-8(15-10)4-13-5-9-11(12)16-9/h6-11H,1-5H2. The smallest absolute Gasteiger partial charge is 0.108 e. The monoisotopic (exact) mass is 224 g/mol. The molecule has 5 rings (SSSR count). The van der Waals surface area contributed by atoms with Crippen molar-refractivity contribution in [3.63, 3.8) is 0 Å². The average molecular weight is 224 g/mol. The molecule has 6 unspecified atom stereocenters. The topological polar surface area (TPSA) is 46.8 Å². The molecule has 16 heavy (non-hydrogen) atoms. The summed E-state index contributed by atoms with van der Waals surface area (Å²) in [4.78, 5) is 0. The van der Waals surface area contributed by atoms with Crippen LogP contribution in [0.5, 0.6) is 0 Å². The van der Waals surface area contributed by atoms with Crippen LogP contribution >= 0.6 is 0 Å². The van der Waals surface area contributed by atoms with Gasteiger partial charge in [-0.3, -0.25) is 0 Å². The summed E-state index contributed by atoms with van der Waals surface area (Å²) in [6, 6.07) is 0. The Kier molecular flexibility index (Phi) is 1.46. The van der Waals surface area contributed by atoms with Crippen molar-refractivity contribution in [1.82, 2.24) is 0 Å². The van der Waals surface area contributed by atoms with Crippen LogP contribution in [-0.2, 0) is 18.9 Å². The van der Waals surface area contributed by atoms with Crippen LogP contribution < -0.4 is 0 Å². The molecule has 0 aromatic heterocycles. The molecule has 1 spiro atoms. The molecule has 4 heteroatoms. The predicted molar refractivity (Wildman–Crippen MR) is 53.1 cm³/mol. The molecule has 0 radical (unpaired) electrons. The van der Waals surface area contributed by atoms with Crippen molar-refractivity contribution in [3.8, 4) is 0 Å². The molecular formula is C12H16O4. The highest BCUT2D eigenvalue weighted by Crippen LogP contribution is 2.60. The molecule has 0 amide bonds. The lowest BCUT2D eigenvalue weighted by atomic mass is 9.67. The fraction of sp³-hybridized carbons (Fsp3) is 1.00. The van der Waals surface area contributed by atoms with Gasteiger partial charge in [-0.05, 0) is 19.3 Å². The molecule has 0 aromatic rings. The fourth-order valence-electron chi connectivity index (χ4n) is 4.03. The zero-order chi connectivity index (χ0) is 10.3. The first-order valence-corrected chi connectivity index (χ1v) is 6.41. The fourth-order valence-corrected chi connectivity index (χ4v) is 4.03. The number of fused-ring (bicyclic) bond motifs is 5. The molecule has 0 N–H and O–H groups in total. The molecule has 4 nitrogen and oxygen atoms in total. The van der Waals surface area contributed by atoms with Gasteiger partial charge in [0, 0.05) is 5.41 Å². The minimum Gasteiger partial charge on any atom is -0.376 e. The van der Waals surface area contributed by atoms with Crippen LogP contribution in [0.15, 0.2) is 0 Å². The van der Waals surface area contributed by atoms with Gasteiger partial charge in [0.15, 0.2) is 0 Å². The van der Waals surface area contributed by atoms with Crippen LogP contribution in [0.1, 0.15) is 19.3 Å². The second-order valence-electron chi connectivity index (χ2n) is 5.92. The van der Waals surface area contributed by atoms with Gasteiger partial charge < -0.3 is 18.9 Å². The minimum atomic E-state index is 0.261. The maximum Gasteiger partial charge on any atom is 0.108 e. The largest absolute Gasteiger partial charge is 0.376 e. The molecule has 4 heterocycles. The summed E-state index contributed by atoms with van der Waals surface area (Å²) in [5.41, 5.74) is 0.261. The number of rotatable bonds is 0. The van der Waals surface area contributed by atoms with Crippen molar-refractivity contribution >= 4 is 0 Å². The molecule has 4 saturated heterocycles. The van der Waals surface area contributed by atoms with Gasteiger partial charge in [0.05, 0.1) is 37.6 Å². The summed E-state index contributed by atoms with van der Waals surface area (Å²) in [5.74, 6) is 0. The Morgan fingerprint density at radius 3 is 2.25 bits per heavy atom. The van der Waals surface area contributed by atoms with E-state index in [-0.39, 0.29) is 5.41 Å². The number of hydrogen-bond donors (Lipinski definition) is 0. The molecule has 4 aliphatic heterocycles. The summed E-state index contributed by atoms with van der Waals surface area (Å²) in [7, 11) is 0. The van der Waals surface area contributed by atoms with Gasteiger partial charge in [0.25, 0.3) is 0 Å². The van der Waals surface area contributed by atoms with Crippen molar-refractivity contribution in [2.45, 2.75) is 55.9 Å². The maximum atomic E-state index is 5.83. The van der Waals surface area contributed by atoms with Crippen LogP contribution in [0.25, 0.3) is 0 Å². The van der Waals surface area contributed by atoms with Crippen molar-refractivity contribution < 1.29 is 18.9 Å². The molecule has 0 bridgehead atoms. The van der Waals surface area contributed by atoms with Gasteiger partial charge >= 0.3 is 0 Å². The highest BCUT2D eigenvalue weighted by Gasteiger charge is 2.70. The Morgan fingerprint density at radius 1 is 0.812 bits per heavy atom. The molecule has 5 fully saturated rings. The van der Waals surface area contributed by atoms with Crippen LogP contribution in [0.2, 0.25) is 0 Å². The molecule has 88 valence electrons. The van der Waals surface area contributed by atoms with E-state index in [1.807, 2.05) is 0 Å². The van der Waals surface area contributed by atoms with Crippen molar-refractivity contribution in [1.29, 1.82) is 0 Å². The van der Waals surface area contributed by atoms with Crippen LogP contribution in [0.3, 0.4) is 0 Å². The van der Waals surface area contributed by atoms with Gasteiger partial charge in [-0.2, -0.15) is 0 Å². The molecule has 1 aliphatic carbocycles. The lowest BCUT2D eigenvalue weighted by Crippen LogP contribution is -2.42. The van der Waals surface area contributed by atoms with E-state index in [2.05, 4.69) is 0 Å². The van der Waals surface area contributed by atoms with E-state index in [9.17, 15) is 0 Å². The highest BCUT2D eigenvalue weighted by molar-refractivity contribution is 5.16. The summed E-state index contributed by atoms with van der Waals surface area (Å²) in [6.07, 6.45) is 6.06. The number of ether oxygens (including phenoxy) is 4. The highest BCUT2D eigenvalue weighted by atomic mass is 16.7. The predicted octanol–water partition coefficient (Wildman–Crippen LogP) is 0.489. The van der Waals surface area contributed by atoms with Gasteiger partial charge in [0.1, 0.15) is 12.2 Å². The van der Waals surface area contributed by atoms with Gasteiger partial charge in [-0.15, -0.1) is 0 Å². The van der Waals surface area contributed by atoms with Crippen LogP contribution in [0, 0.1) is 5.41 Å². The summed E-state index contributed by atoms with van der Waals surface area (Å²) >= 11 is 0. The summed E-state index contributed by atoms with van der Waals surface area (Å²) < 4.78 is 22.9. The first kappa shape index (κ1) is 8.86. The van der Waals surface area contributed by atoms with Gasteiger partial charge in [0.2, 0.25) is 0 Å². The van der Waals surface area contributed by atoms with Crippen molar-refractivity contribution in [3.05, 3.63) is 0 Å². The van der Waals surface area contributed by atoms with Crippen LogP contribution in [-0.4, -0.2) is 49.8 Å². The number of hydrogen-bond acceptors (Lipinski definition) is 4. The molecule has 1 saturated carbocycles. The van der Waals surface area contributed by atoms with E-state index >= 15 is 0 Å². The molecule has 6 atom stereocenters. The van der Waals surface area contributed by atoms with E-state index in [0.717, 1.165) is 19.6 Å². The summed E-state index contributed by atoms with van der Waals surface area (Å²) in [6.45, 7) is 1.52. The van der Waals surface area contributed by atoms with Gasteiger partial charge in [-0.1, -0.05) is 0 Å². The van der Waals surface area contributed by atoms with Crippen molar-refractivity contribution in [2.75, 3.05) is 13.2 Å². The number of epoxide rings is 3. The Morgan fingerprint density at radius 2 is 1.56 bits per heavy atom. The Labute approximate surface area is 94.2 Å². The second-order valence-corrected chi connectivity index (χ2v) is 5.92. The molecular weight excluding hydrogens is 208 g/mol. The normalized spacial score (nSPS) is 66.0. The van der Waals surface area contributed by atoms with Crippen molar-refractivity contribution in [2.24, 2.45) is 5.41 Å². The third-order valence-electron chi connectivity index (χ3n) is 5.03. The lowest BCUT2D eigenvalue weighted by molar-refractivity contribution is 0.0982. The zero-order valence-electron chi connectivity index (χ0n) is 9.13. The lowest BCUT2D eigenvalue weighted by Gasteiger charge is -2.33. The van der Waals surface area contributed by atoms with E-state index in [1.54, 1.807) is 0 Å². The zero-order valence-corrected chi connectivity index (χ0v) is 9.13. The average Bonchev–Trinajstić information content (AvgIpc) is 3.13. The Bertz CT molecular complexity index is 326. The van der Waals surface area contributed by atoms with E-state index in [1.165, 1.54) is 12.8 Å². The Hall–Kier alpha value is -0.160. The Balaban J connectivity index is 1.49. The van der Waals surface area contributed by atoms with E-state index in [4.69, 9.17) is 18.9 Å². The van der Waals surface area contributed by atoms with E-state index in [0.29, 0.717) is 36.6 Å². The SMILES string of the molecule is C1CC2(CC3OC13)C1OC1COCC1OC12. The third kappa shape index (κ3) is 1.04. The quantitative estimate of drug-likeness (QED) is 0.562. The second kappa shape index (κ2) is 2.64. The molecule has 5 aliphatic rings. The van der Waals surface area contributed by atoms with Gasteiger partial charge in [-0.25, -0.2) is 0 Å². The first-order valence-electron chi connectivity index (χ1n) is 6.41. The van der Waals surface area contributed by atoms with E-state index < -0.39 is 0 Å². The third-order valence-corrected chi connectivity index (χ3v) is 5.03. The summed E-state index contributed by atoms with van der Waals surface area (Å²) in [5, 5.41) is 0. The molecule has 0 aromatic carbocycles. The van der Waals surface area contributed by atoms with Crippen LogP contribution in [0.4, 0.5) is 0 Å². The minimum absolute atomic E-state index is 0.261. The first-order chi connectivity index (χ1) is 7.87. The maximum absolute atomic E-state index is 5.83.